The fourth-order valence-electron chi connectivity index (χ4n) is 1.64. The number of hydrogen-bond donors (Lipinski definition) is 1. The largest absolute Gasteiger partial charge is 0.314 e. The number of thioether (sulfide) groups is 1. The Morgan fingerprint density at radius 3 is 2.79 bits per heavy atom. The molecule has 2 rings (SSSR count). The van der Waals surface area contributed by atoms with E-state index in [0.29, 0.717) is 6.54 Å². The number of nitrogens with one attached hydrogen (secondary N) is 1. The van der Waals surface area contributed by atoms with Crippen molar-refractivity contribution in [3.63, 3.8) is 0 Å². The molecule has 2 aliphatic rings. The number of alkyl halides is 2. The second-order valence-corrected chi connectivity index (χ2v) is 5.21. The van der Waals surface area contributed by atoms with Crippen LogP contribution in [0.5, 0.6) is 0 Å². The molecule has 2 nitrogen and oxygen atoms in total. The molecule has 0 spiro atoms. The summed E-state index contributed by atoms with van der Waals surface area (Å²) in [6, 6.07) is 0. The minimum Gasteiger partial charge on any atom is -0.314 e. The third-order valence-corrected chi connectivity index (χ3v) is 3.96. The van der Waals surface area contributed by atoms with Gasteiger partial charge in [-0.15, -0.1) is 11.8 Å². The molecule has 80 valence electrons. The summed E-state index contributed by atoms with van der Waals surface area (Å²) in [6.45, 7) is 1.55. The molecule has 2 fully saturated rings. The number of Topliss-reactive ketones (excluding diaryl/α,β-unsaturated/α-hetero) is 1. The first-order valence-electron chi connectivity index (χ1n) is 4.82. The third-order valence-electron chi connectivity index (χ3n) is 2.69. The molecule has 1 saturated carbocycles. The van der Waals surface area contributed by atoms with E-state index in [1.54, 1.807) is 11.8 Å². The molecular formula is C9H13F2NOS. The van der Waals surface area contributed by atoms with Gasteiger partial charge in [-0.2, -0.15) is 0 Å². The summed E-state index contributed by atoms with van der Waals surface area (Å²) in [7, 11) is 0. The maximum absolute atomic E-state index is 12.5. The lowest BCUT2D eigenvalue weighted by molar-refractivity contribution is -0.119. The average molecular weight is 221 g/mol. The Hall–Kier alpha value is -0.160. The standard InChI is InChI=1S/C9H13F2NOS/c10-9(11)4-6(9)3-7(13)8-5-12-1-2-14-8/h6,8,12H,1-5H2. The Kier molecular flexibility index (Phi) is 2.79. The number of ketones is 1. The van der Waals surface area contributed by atoms with Gasteiger partial charge < -0.3 is 5.32 Å². The molecule has 1 aliphatic heterocycles. The van der Waals surface area contributed by atoms with Gasteiger partial charge in [-0.3, -0.25) is 4.79 Å². The van der Waals surface area contributed by atoms with Gasteiger partial charge in [0.05, 0.1) is 5.25 Å². The minimum atomic E-state index is -2.55. The second kappa shape index (κ2) is 3.77. The van der Waals surface area contributed by atoms with Crippen LogP contribution in [0.2, 0.25) is 0 Å². The lowest BCUT2D eigenvalue weighted by Crippen LogP contribution is -2.37. The Morgan fingerprint density at radius 1 is 1.57 bits per heavy atom. The summed E-state index contributed by atoms with van der Waals surface area (Å²) < 4.78 is 25.1. The summed E-state index contributed by atoms with van der Waals surface area (Å²) in [5.41, 5.74) is 0. The quantitative estimate of drug-likeness (QED) is 0.779. The molecule has 0 aromatic heterocycles. The van der Waals surface area contributed by atoms with Gasteiger partial charge in [0.1, 0.15) is 5.78 Å². The highest BCUT2D eigenvalue weighted by atomic mass is 32.2. The van der Waals surface area contributed by atoms with E-state index in [4.69, 9.17) is 0 Å². The van der Waals surface area contributed by atoms with Gasteiger partial charge in [0.25, 0.3) is 5.92 Å². The summed E-state index contributed by atoms with van der Waals surface area (Å²) in [5, 5.41) is 3.00. The van der Waals surface area contributed by atoms with E-state index in [1.165, 1.54) is 0 Å². The zero-order valence-electron chi connectivity index (χ0n) is 7.76. The van der Waals surface area contributed by atoms with E-state index >= 15 is 0 Å². The van der Waals surface area contributed by atoms with Crippen LogP contribution in [0.15, 0.2) is 0 Å². The maximum atomic E-state index is 12.5. The van der Waals surface area contributed by atoms with Crippen molar-refractivity contribution >= 4 is 17.5 Å². The van der Waals surface area contributed by atoms with Crippen molar-refractivity contribution in [2.24, 2.45) is 5.92 Å². The van der Waals surface area contributed by atoms with E-state index < -0.39 is 11.8 Å². The van der Waals surface area contributed by atoms with Crippen LogP contribution >= 0.6 is 11.8 Å². The molecule has 1 N–H and O–H groups in total. The highest BCUT2D eigenvalue weighted by Crippen LogP contribution is 2.51. The average Bonchev–Trinajstić information content (AvgIpc) is 2.75. The summed E-state index contributed by atoms with van der Waals surface area (Å²) >= 11 is 1.58. The molecular weight excluding hydrogens is 208 g/mol. The highest BCUT2D eigenvalue weighted by molar-refractivity contribution is 8.00. The van der Waals surface area contributed by atoms with E-state index in [2.05, 4.69) is 5.32 Å². The number of carbonyl (C=O) groups is 1. The van der Waals surface area contributed by atoms with Gasteiger partial charge in [-0.25, -0.2) is 8.78 Å². The zero-order chi connectivity index (χ0) is 10.2. The van der Waals surface area contributed by atoms with Gasteiger partial charge in [-0.1, -0.05) is 0 Å². The monoisotopic (exact) mass is 221 g/mol. The van der Waals surface area contributed by atoms with Gasteiger partial charge in [0.2, 0.25) is 0 Å². The summed E-state index contributed by atoms with van der Waals surface area (Å²) in [5.74, 6) is -2.33. The first-order chi connectivity index (χ1) is 6.59. The lowest BCUT2D eigenvalue weighted by atomic mass is 10.1. The van der Waals surface area contributed by atoms with E-state index in [1.807, 2.05) is 0 Å². The van der Waals surface area contributed by atoms with Crippen molar-refractivity contribution in [1.29, 1.82) is 0 Å². The first-order valence-corrected chi connectivity index (χ1v) is 5.87. The predicted molar refractivity (Wildman–Crippen MR) is 51.8 cm³/mol. The zero-order valence-corrected chi connectivity index (χ0v) is 8.58. The van der Waals surface area contributed by atoms with E-state index in [0.717, 1.165) is 12.3 Å². The van der Waals surface area contributed by atoms with Gasteiger partial charge in [0.15, 0.2) is 0 Å². The molecule has 0 bridgehead atoms. The summed E-state index contributed by atoms with van der Waals surface area (Å²) in [4.78, 5) is 11.5. The molecule has 0 radical (unpaired) electrons. The van der Waals surface area contributed by atoms with E-state index in [9.17, 15) is 13.6 Å². The predicted octanol–water partition coefficient (Wildman–Crippen LogP) is 1.31. The van der Waals surface area contributed by atoms with Gasteiger partial charge >= 0.3 is 0 Å². The lowest BCUT2D eigenvalue weighted by Gasteiger charge is -2.20. The number of rotatable bonds is 3. The van der Waals surface area contributed by atoms with Crippen LogP contribution in [-0.4, -0.2) is 35.8 Å². The smallest absolute Gasteiger partial charge is 0.252 e. The van der Waals surface area contributed by atoms with Crippen LogP contribution in [0, 0.1) is 5.92 Å². The highest BCUT2D eigenvalue weighted by Gasteiger charge is 2.57. The molecule has 1 aliphatic carbocycles. The molecule has 14 heavy (non-hydrogen) atoms. The van der Waals surface area contributed by atoms with Crippen molar-refractivity contribution in [1.82, 2.24) is 5.32 Å². The van der Waals surface area contributed by atoms with Crippen LogP contribution in [-0.2, 0) is 4.79 Å². The van der Waals surface area contributed by atoms with Crippen LogP contribution in [0.4, 0.5) is 8.78 Å². The van der Waals surface area contributed by atoms with Crippen molar-refractivity contribution in [3.05, 3.63) is 0 Å². The maximum Gasteiger partial charge on any atom is 0.252 e. The molecule has 5 heteroatoms. The molecule has 1 saturated heterocycles. The van der Waals surface area contributed by atoms with Crippen molar-refractivity contribution in [2.75, 3.05) is 18.8 Å². The molecule has 0 amide bonds. The second-order valence-electron chi connectivity index (χ2n) is 3.90. The molecule has 1 heterocycles. The minimum absolute atomic E-state index is 0.00984. The first kappa shape index (κ1) is 10.4. The molecule has 0 aromatic carbocycles. The normalized spacial score (nSPS) is 35.3. The van der Waals surface area contributed by atoms with Gasteiger partial charge in [-0.05, 0) is 0 Å². The van der Waals surface area contributed by atoms with Crippen molar-refractivity contribution in [3.8, 4) is 0 Å². The van der Waals surface area contributed by atoms with E-state index in [-0.39, 0.29) is 23.9 Å². The Balaban J connectivity index is 1.78. The Morgan fingerprint density at radius 2 is 2.29 bits per heavy atom. The summed E-state index contributed by atoms with van der Waals surface area (Å²) in [6.07, 6.45) is -0.0318. The Labute approximate surface area is 85.8 Å². The van der Waals surface area contributed by atoms with Crippen LogP contribution < -0.4 is 5.32 Å². The van der Waals surface area contributed by atoms with Crippen LogP contribution in [0.3, 0.4) is 0 Å². The topological polar surface area (TPSA) is 29.1 Å². The van der Waals surface area contributed by atoms with Crippen LogP contribution in [0.25, 0.3) is 0 Å². The molecule has 2 unspecified atom stereocenters. The Bertz CT molecular complexity index is 241. The molecule has 2 atom stereocenters. The van der Waals surface area contributed by atoms with Gasteiger partial charge in [0, 0.05) is 37.6 Å². The SMILES string of the molecule is O=C(CC1CC1(F)F)C1CNCCS1. The van der Waals surface area contributed by atoms with Crippen molar-refractivity contribution < 1.29 is 13.6 Å². The number of hydrogen-bond acceptors (Lipinski definition) is 3. The fourth-order valence-corrected chi connectivity index (χ4v) is 2.70. The fraction of sp³-hybridized carbons (Fsp3) is 0.889. The molecule has 0 aromatic rings. The van der Waals surface area contributed by atoms with Crippen LogP contribution in [0.1, 0.15) is 12.8 Å². The third kappa shape index (κ3) is 2.25. The number of carbonyl (C=O) groups excluding carboxylic acids is 1. The number of halogens is 2. The van der Waals surface area contributed by atoms with Crippen molar-refractivity contribution in [2.45, 2.75) is 24.0 Å².